The van der Waals surface area contributed by atoms with E-state index in [0.29, 0.717) is 0 Å². The molecule has 0 aromatic carbocycles. The van der Waals surface area contributed by atoms with Gasteiger partial charge in [0.2, 0.25) is 5.91 Å². The summed E-state index contributed by atoms with van der Waals surface area (Å²) in [6, 6.07) is 0. The van der Waals surface area contributed by atoms with Crippen molar-refractivity contribution in [1.82, 2.24) is 5.32 Å². The van der Waals surface area contributed by atoms with E-state index in [0.717, 1.165) is 0 Å². The van der Waals surface area contributed by atoms with Gasteiger partial charge in [-0.15, -0.1) is 0 Å². The number of halogens is 2. The van der Waals surface area contributed by atoms with E-state index in [1.54, 1.807) is 6.92 Å². The zero-order valence-electron chi connectivity index (χ0n) is 6.95. The van der Waals surface area contributed by atoms with Crippen molar-refractivity contribution in [3.8, 4) is 0 Å². The maximum absolute atomic E-state index is 12.1. The summed E-state index contributed by atoms with van der Waals surface area (Å²) < 4.78 is 24.2. The Hall–Kier alpha value is -0.670. The molecule has 0 spiro atoms. The Morgan fingerprint density at radius 1 is 1.55 bits per heavy atom. The molecule has 0 aromatic rings. The maximum atomic E-state index is 12.1. The summed E-state index contributed by atoms with van der Waals surface area (Å²) in [7, 11) is 0. The summed E-state index contributed by atoms with van der Waals surface area (Å²) in [5.41, 5.74) is -1.41. The number of rotatable bonds is 3. The van der Waals surface area contributed by atoms with Crippen molar-refractivity contribution in [2.75, 3.05) is 0 Å². The topological polar surface area (TPSA) is 29.1 Å². The molecule has 0 rings (SSSR count). The summed E-state index contributed by atoms with van der Waals surface area (Å²) in [5.74, 6) is -0.352. The Balaban J connectivity index is 4.01. The lowest BCUT2D eigenvalue weighted by Crippen LogP contribution is -2.48. The normalized spacial score (nSPS) is 11.8. The molecule has 11 heavy (non-hydrogen) atoms. The van der Waals surface area contributed by atoms with Crippen LogP contribution in [0.15, 0.2) is 0 Å². The van der Waals surface area contributed by atoms with E-state index in [4.69, 9.17) is 0 Å². The van der Waals surface area contributed by atoms with Crippen molar-refractivity contribution < 1.29 is 13.6 Å². The number of hydrogen-bond donors (Lipinski definition) is 1. The van der Waals surface area contributed by atoms with Gasteiger partial charge in [-0.2, -0.15) is 0 Å². The third-order valence-corrected chi connectivity index (χ3v) is 1.33. The first kappa shape index (κ1) is 10.3. The van der Waals surface area contributed by atoms with Gasteiger partial charge in [-0.05, 0) is 13.8 Å². The van der Waals surface area contributed by atoms with Crippen molar-refractivity contribution in [1.29, 1.82) is 0 Å². The molecule has 0 heterocycles. The van der Waals surface area contributed by atoms with Crippen molar-refractivity contribution in [3.05, 3.63) is 0 Å². The lowest BCUT2D eigenvalue weighted by molar-refractivity contribution is -0.124. The minimum Gasteiger partial charge on any atom is -0.345 e. The van der Waals surface area contributed by atoms with Gasteiger partial charge in [0.25, 0.3) is 6.43 Å². The Labute approximate surface area is 65.0 Å². The van der Waals surface area contributed by atoms with E-state index in [2.05, 4.69) is 5.32 Å². The molecule has 0 atom stereocenters. The monoisotopic (exact) mass is 165 g/mol. The second-order valence-corrected chi connectivity index (χ2v) is 2.92. The molecular weight excluding hydrogens is 152 g/mol. The number of alkyl halides is 2. The summed E-state index contributed by atoms with van der Waals surface area (Å²) >= 11 is 0. The molecule has 2 nitrogen and oxygen atoms in total. The van der Waals surface area contributed by atoms with Gasteiger partial charge < -0.3 is 5.32 Å². The highest BCUT2D eigenvalue weighted by molar-refractivity contribution is 5.76. The van der Waals surface area contributed by atoms with Crippen LogP contribution in [0.4, 0.5) is 8.78 Å². The van der Waals surface area contributed by atoms with Gasteiger partial charge in [0.1, 0.15) is 0 Å². The van der Waals surface area contributed by atoms with Gasteiger partial charge in [0.15, 0.2) is 0 Å². The van der Waals surface area contributed by atoms with Crippen LogP contribution in [0.3, 0.4) is 0 Å². The first-order chi connectivity index (χ1) is 4.90. The minimum absolute atomic E-state index is 0.232. The van der Waals surface area contributed by atoms with Gasteiger partial charge in [-0.3, -0.25) is 4.79 Å². The van der Waals surface area contributed by atoms with Crippen LogP contribution in [0.2, 0.25) is 0 Å². The first-order valence-corrected chi connectivity index (χ1v) is 3.49. The predicted molar refractivity (Wildman–Crippen MR) is 38.5 cm³/mol. The molecule has 66 valence electrons. The zero-order valence-corrected chi connectivity index (χ0v) is 6.95. The standard InChI is InChI=1S/C7H13F2NO/c1-4-5(11)10-7(2,3)6(8)9/h6H,4H2,1-3H3,(H,10,11). The molecule has 1 N–H and O–H groups in total. The molecule has 0 fully saturated rings. The summed E-state index contributed by atoms with van der Waals surface area (Å²) in [4.78, 5) is 10.7. The molecule has 0 unspecified atom stereocenters. The SMILES string of the molecule is CCC(=O)NC(C)(C)C(F)F. The maximum Gasteiger partial charge on any atom is 0.260 e. The summed E-state index contributed by atoms with van der Waals surface area (Å²) in [5, 5.41) is 2.22. The van der Waals surface area contributed by atoms with E-state index < -0.39 is 12.0 Å². The molecule has 4 heteroatoms. The number of amides is 1. The lowest BCUT2D eigenvalue weighted by atomic mass is 10.1. The van der Waals surface area contributed by atoms with Crippen LogP contribution in [0, 0.1) is 0 Å². The summed E-state index contributed by atoms with van der Waals surface area (Å²) in [6.45, 7) is 4.22. The molecule has 0 aliphatic heterocycles. The van der Waals surface area contributed by atoms with Crippen LogP contribution in [-0.4, -0.2) is 17.9 Å². The fraction of sp³-hybridized carbons (Fsp3) is 0.857. The molecule has 0 aliphatic rings. The van der Waals surface area contributed by atoms with Crippen LogP contribution in [0.1, 0.15) is 27.2 Å². The van der Waals surface area contributed by atoms with Crippen LogP contribution in [-0.2, 0) is 4.79 Å². The van der Waals surface area contributed by atoms with E-state index in [1.165, 1.54) is 13.8 Å². The molecule has 0 aromatic heterocycles. The Bertz CT molecular complexity index is 145. The number of carbonyl (C=O) groups excluding carboxylic acids is 1. The molecule has 1 amide bonds. The first-order valence-electron chi connectivity index (χ1n) is 3.49. The average Bonchev–Trinajstić information content (AvgIpc) is 1.86. The number of nitrogens with one attached hydrogen (secondary N) is 1. The van der Waals surface area contributed by atoms with Gasteiger partial charge >= 0.3 is 0 Å². The van der Waals surface area contributed by atoms with E-state index in [-0.39, 0.29) is 12.3 Å². The average molecular weight is 165 g/mol. The predicted octanol–water partition coefficient (Wildman–Crippen LogP) is 1.56. The Morgan fingerprint density at radius 3 is 2.27 bits per heavy atom. The van der Waals surface area contributed by atoms with E-state index in [9.17, 15) is 13.6 Å². The van der Waals surface area contributed by atoms with Gasteiger partial charge in [0, 0.05) is 6.42 Å². The van der Waals surface area contributed by atoms with E-state index in [1.807, 2.05) is 0 Å². The summed E-state index contributed by atoms with van der Waals surface area (Å²) in [6.07, 6.45) is -2.30. The highest BCUT2D eigenvalue weighted by Crippen LogP contribution is 2.13. The van der Waals surface area contributed by atoms with Crippen molar-refractivity contribution >= 4 is 5.91 Å². The molecule has 0 bridgehead atoms. The van der Waals surface area contributed by atoms with Crippen molar-refractivity contribution in [2.45, 2.75) is 39.2 Å². The Kier molecular flexibility index (Phi) is 3.42. The Morgan fingerprint density at radius 2 is 2.00 bits per heavy atom. The third kappa shape index (κ3) is 3.30. The smallest absolute Gasteiger partial charge is 0.260 e. The molecular formula is C7H13F2NO. The zero-order chi connectivity index (χ0) is 9.07. The van der Waals surface area contributed by atoms with Gasteiger partial charge in [-0.25, -0.2) is 8.78 Å². The molecule has 0 radical (unpaired) electrons. The van der Waals surface area contributed by atoms with Gasteiger partial charge in [-0.1, -0.05) is 6.92 Å². The van der Waals surface area contributed by atoms with Crippen molar-refractivity contribution in [3.63, 3.8) is 0 Å². The molecule has 0 aliphatic carbocycles. The lowest BCUT2D eigenvalue weighted by Gasteiger charge is -2.24. The second kappa shape index (κ2) is 3.64. The van der Waals surface area contributed by atoms with Crippen molar-refractivity contribution in [2.24, 2.45) is 0 Å². The highest BCUT2D eigenvalue weighted by Gasteiger charge is 2.30. The fourth-order valence-electron chi connectivity index (χ4n) is 0.502. The molecule has 0 saturated carbocycles. The van der Waals surface area contributed by atoms with Crippen LogP contribution < -0.4 is 5.32 Å². The van der Waals surface area contributed by atoms with Crippen LogP contribution in [0.25, 0.3) is 0 Å². The fourth-order valence-corrected chi connectivity index (χ4v) is 0.502. The van der Waals surface area contributed by atoms with Crippen LogP contribution in [0.5, 0.6) is 0 Å². The van der Waals surface area contributed by atoms with Crippen LogP contribution >= 0.6 is 0 Å². The second-order valence-electron chi connectivity index (χ2n) is 2.92. The van der Waals surface area contributed by atoms with Gasteiger partial charge in [0.05, 0.1) is 5.54 Å². The minimum atomic E-state index is -2.53. The molecule has 0 saturated heterocycles. The van der Waals surface area contributed by atoms with E-state index >= 15 is 0 Å². The highest BCUT2D eigenvalue weighted by atomic mass is 19.3. The quantitative estimate of drug-likeness (QED) is 0.675. The number of carbonyl (C=O) groups is 1. The third-order valence-electron chi connectivity index (χ3n) is 1.33. The number of hydrogen-bond acceptors (Lipinski definition) is 1. The largest absolute Gasteiger partial charge is 0.345 e.